The predicted molar refractivity (Wildman–Crippen MR) is 70.7 cm³/mol. The molecule has 0 spiro atoms. The fourth-order valence-electron chi connectivity index (χ4n) is 1.77. The quantitative estimate of drug-likeness (QED) is 0.911. The summed E-state index contributed by atoms with van der Waals surface area (Å²) in [5, 5.41) is 3.14. The smallest absolute Gasteiger partial charge is 0.287 e. The van der Waals surface area contributed by atoms with Crippen molar-refractivity contribution in [1.29, 1.82) is 0 Å². The maximum absolute atomic E-state index is 11.9. The summed E-state index contributed by atoms with van der Waals surface area (Å²) in [5.41, 5.74) is 1.08. The molecule has 1 heterocycles. The van der Waals surface area contributed by atoms with Crippen molar-refractivity contribution in [1.82, 2.24) is 5.32 Å². The van der Waals surface area contributed by atoms with Crippen LogP contribution in [-0.2, 0) is 0 Å². The second-order valence-electron chi connectivity index (χ2n) is 3.95. The summed E-state index contributed by atoms with van der Waals surface area (Å²) in [7, 11) is 0. The van der Waals surface area contributed by atoms with Crippen molar-refractivity contribution in [2.24, 2.45) is 0 Å². The average Bonchev–Trinajstić information content (AvgIpc) is 2.83. The molecule has 18 heavy (non-hydrogen) atoms. The largest absolute Gasteiger partial charge is 0.440 e. The van der Waals surface area contributed by atoms with Crippen LogP contribution in [-0.4, -0.2) is 5.91 Å². The Morgan fingerprint density at radius 2 is 2.00 bits per heavy atom. The molecule has 1 amide bonds. The minimum Gasteiger partial charge on any atom is -0.440 e. The van der Waals surface area contributed by atoms with Crippen LogP contribution in [0.4, 0.5) is 0 Å². The highest BCUT2D eigenvalue weighted by Gasteiger charge is 2.16. The minimum absolute atomic E-state index is 0.0254. The number of carbonyl (C=O) groups is 1. The zero-order chi connectivity index (χ0) is 13.0. The summed E-state index contributed by atoms with van der Waals surface area (Å²) in [5.74, 6) is -0.0213. The molecule has 1 N–H and O–H groups in total. The molecular formula is C14H14ClNO2. The monoisotopic (exact) mass is 263 g/mol. The van der Waals surface area contributed by atoms with Crippen LogP contribution in [0.2, 0.25) is 5.22 Å². The SMILES string of the molecule is CCC(NC(=O)c1ccc(Cl)o1)c1ccccc1. The molecule has 0 saturated heterocycles. The van der Waals surface area contributed by atoms with Crippen molar-refractivity contribution in [2.45, 2.75) is 19.4 Å². The van der Waals surface area contributed by atoms with Gasteiger partial charge in [-0.1, -0.05) is 37.3 Å². The van der Waals surface area contributed by atoms with E-state index in [1.54, 1.807) is 12.1 Å². The van der Waals surface area contributed by atoms with Crippen LogP contribution >= 0.6 is 11.6 Å². The molecule has 3 nitrogen and oxygen atoms in total. The van der Waals surface area contributed by atoms with Crippen LogP contribution in [0.5, 0.6) is 0 Å². The van der Waals surface area contributed by atoms with Gasteiger partial charge in [0.15, 0.2) is 11.0 Å². The fraction of sp³-hybridized carbons (Fsp3) is 0.214. The van der Waals surface area contributed by atoms with Crippen LogP contribution in [0.3, 0.4) is 0 Å². The van der Waals surface area contributed by atoms with E-state index in [4.69, 9.17) is 16.0 Å². The topological polar surface area (TPSA) is 42.2 Å². The second kappa shape index (κ2) is 5.74. The van der Waals surface area contributed by atoms with Gasteiger partial charge in [0.1, 0.15) is 0 Å². The number of nitrogens with one attached hydrogen (secondary N) is 1. The van der Waals surface area contributed by atoms with Crippen molar-refractivity contribution in [3.63, 3.8) is 0 Å². The van der Waals surface area contributed by atoms with Gasteiger partial charge in [0.25, 0.3) is 5.91 Å². The average molecular weight is 264 g/mol. The van der Waals surface area contributed by atoms with Gasteiger partial charge in [0.2, 0.25) is 0 Å². The van der Waals surface area contributed by atoms with Gasteiger partial charge in [-0.2, -0.15) is 0 Å². The van der Waals surface area contributed by atoms with E-state index in [9.17, 15) is 4.79 Å². The van der Waals surface area contributed by atoms with Gasteiger partial charge in [0, 0.05) is 0 Å². The van der Waals surface area contributed by atoms with Crippen LogP contribution < -0.4 is 5.32 Å². The lowest BCUT2D eigenvalue weighted by atomic mass is 10.0. The summed E-state index contributed by atoms with van der Waals surface area (Å²) < 4.78 is 5.08. The molecule has 0 saturated carbocycles. The Balaban J connectivity index is 2.10. The van der Waals surface area contributed by atoms with E-state index in [1.165, 1.54) is 0 Å². The summed E-state index contributed by atoms with van der Waals surface area (Å²) in [6.45, 7) is 2.02. The molecule has 0 aliphatic carbocycles. The lowest BCUT2D eigenvalue weighted by molar-refractivity contribution is 0.0907. The highest BCUT2D eigenvalue weighted by molar-refractivity contribution is 6.29. The summed E-state index contributed by atoms with van der Waals surface area (Å²) in [6.07, 6.45) is 0.810. The number of hydrogen-bond acceptors (Lipinski definition) is 2. The van der Waals surface area contributed by atoms with Gasteiger partial charge in [-0.05, 0) is 35.7 Å². The number of carbonyl (C=O) groups excluding carboxylic acids is 1. The van der Waals surface area contributed by atoms with Gasteiger partial charge in [-0.15, -0.1) is 0 Å². The molecule has 1 aromatic heterocycles. The number of halogens is 1. The van der Waals surface area contributed by atoms with E-state index in [0.29, 0.717) is 0 Å². The third kappa shape index (κ3) is 2.93. The molecule has 0 fully saturated rings. The number of rotatable bonds is 4. The van der Waals surface area contributed by atoms with Crippen molar-refractivity contribution < 1.29 is 9.21 Å². The van der Waals surface area contributed by atoms with Gasteiger partial charge in [0.05, 0.1) is 6.04 Å². The number of amides is 1. The first kappa shape index (κ1) is 12.7. The van der Waals surface area contributed by atoms with Gasteiger partial charge < -0.3 is 9.73 Å². The van der Waals surface area contributed by atoms with Gasteiger partial charge in [-0.3, -0.25) is 4.79 Å². The summed E-state index contributed by atoms with van der Waals surface area (Å²) in [4.78, 5) is 11.9. The molecule has 1 atom stereocenters. The maximum atomic E-state index is 11.9. The normalized spacial score (nSPS) is 12.1. The zero-order valence-corrected chi connectivity index (χ0v) is 10.8. The Kier molecular flexibility index (Phi) is 4.05. The van der Waals surface area contributed by atoms with Crippen molar-refractivity contribution in [2.75, 3.05) is 0 Å². The predicted octanol–water partition coefficient (Wildman–Crippen LogP) is 3.81. The molecule has 1 aromatic carbocycles. The Bertz CT molecular complexity index is 522. The van der Waals surface area contributed by atoms with Crippen molar-refractivity contribution >= 4 is 17.5 Å². The first-order valence-electron chi connectivity index (χ1n) is 5.82. The number of furan rings is 1. The van der Waals surface area contributed by atoms with Gasteiger partial charge >= 0.3 is 0 Å². The third-order valence-electron chi connectivity index (χ3n) is 2.71. The molecular weight excluding hydrogens is 250 g/mol. The molecule has 2 aromatic rings. The highest BCUT2D eigenvalue weighted by atomic mass is 35.5. The third-order valence-corrected chi connectivity index (χ3v) is 2.92. The Hall–Kier alpha value is -1.74. The summed E-state index contributed by atoms with van der Waals surface area (Å²) >= 11 is 5.65. The van der Waals surface area contributed by atoms with E-state index in [1.807, 2.05) is 37.3 Å². The molecule has 0 aliphatic rings. The molecule has 4 heteroatoms. The van der Waals surface area contributed by atoms with Crippen molar-refractivity contribution in [3.05, 3.63) is 59.0 Å². The van der Waals surface area contributed by atoms with Crippen molar-refractivity contribution in [3.8, 4) is 0 Å². The van der Waals surface area contributed by atoms with Crippen LogP contribution in [0.25, 0.3) is 0 Å². The number of hydrogen-bond donors (Lipinski definition) is 1. The lowest BCUT2D eigenvalue weighted by Gasteiger charge is -2.16. The lowest BCUT2D eigenvalue weighted by Crippen LogP contribution is -2.27. The maximum Gasteiger partial charge on any atom is 0.287 e. The van der Waals surface area contributed by atoms with E-state index in [2.05, 4.69) is 5.32 Å². The molecule has 0 aliphatic heterocycles. The van der Waals surface area contributed by atoms with Gasteiger partial charge in [-0.25, -0.2) is 0 Å². The summed E-state index contributed by atoms with van der Waals surface area (Å²) in [6, 6.07) is 12.9. The first-order chi connectivity index (χ1) is 8.70. The zero-order valence-electron chi connectivity index (χ0n) is 10.0. The molecule has 1 unspecified atom stereocenters. The van der Waals surface area contributed by atoms with Crippen LogP contribution in [0.1, 0.15) is 35.5 Å². The second-order valence-corrected chi connectivity index (χ2v) is 4.32. The Morgan fingerprint density at radius 1 is 1.28 bits per heavy atom. The van der Waals surface area contributed by atoms with Crippen LogP contribution in [0, 0.1) is 0 Å². The highest BCUT2D eigenvalue weighted by Crippen LogP contribution is 2.18. The van der Waals surface area contributed by atoms with Crippen LogP contribution in [0.15, 0.2) is 46.9 Å². The van der Waals surface area contributed by atoms with E-state index >= 15 is 0 Å². The molecule has 2 rings (SSSR count). The van der Waals surface area contributed by atoms with E-state index in [-0.39, 0.29) is 22.9 Å². The minimum atomic E-state index is -0.252. The molecule has 94 valence electrons. The Labute approximate surface area is 111 Å². The standard InChI is InChI=1S/C14H14ClNO2/c1-2-11(10-6-4-3-5-7-10)16-14(17)12-8-9-13(15)18-12/h3-9,11H,2H2,1H3,(H,16,17). The molecule has 0 bridgehead atoms. The fourth-order valence-corrected chi connectivity index (χ4v) is 1.92. The number of benzene rings is 1. The first-order valence-corrected chi connectivity index (χ1v) is 6.19. The van der Waals surface area contributed by atoms with E-state index < -0.39 is 0 Å². The van der Waals surface area contributed by atoms with E-state index in [0.717, 1.165) is 12.0 Å². The molecule has 0 radical (unpaired) electrons. The Morgan fingerprint density at radius 3 is 2.56 bits per heavy atom.